The predicted octanol–water partition coefficient (Wildman–Crippen LogP) is -0.608. The molecule has 0 aliphatic carbocycles. The van der Waals surface area contributed by atoms with Gasteiger partial charge in [0.15, 0.2) is 9.84 Å². The molecule has 1 atom stereocenters. The van der Waals surface area contributed by atoms with E-state index in [0.717, 1.165) is 0 Å². The molecular formula is C7H17NO3S. The van der Waals surface area contributed by atoms with Crippen LogP contribution in [-0.4, -0.2) is 44.2 Å². The fourth-order valence-electron chi connectivity index (χ4n) is 0.683. The third-order valence-corrected chi connectivity index (χ3v) is 3.18. The predicted molar refractivity (Wildman–Crippen MR) is 48.9 cm³/mol. The highest BCUT2D eigenvalue weighted by Gasteiger charge is 2.05. The van der Waals surface area contributed by atoms with Gasteiger partial charge in [-0.05, 0) is 6.92 Å². The van der Waals surface area contributed by atoms with Gasteiger partial charge in [0.2, 0.25) is 0 Å². The molecule has 0 saturated heterocycles. The Labute approximate surface area is 73.9 Å². The van der Waals surface area contributed by atoms with Crippen LogP contribution in [0.2, 0.25) is 0 Å². The zero-order chi connectivity index (χ0) is 9.61. The van der Waals surface area contributed by atoms with Crippen molar-refractivity contribution in [1.29, 1.82) is 0 Å². The van der Waals surface area contributed by atoms with Crippen LogP contribution < -0.4 is 5.32 Å². The summed E-state index contributed by atoms with van der Waals surface area (Å²) >= 11 is 0. The van der Waals surface area contributed by atoms with Gasteiger partial charge in [0.25, 0.3) is 0 Å². The minimum atomic E-state index is -2.86. The molecule has 74 valence electrons. The Kier molecular flexibility index (Phi) is 5.44. The zero-order valence-corrected chi connectivity index (χ0v) is 8.39. The minimum Gasteiger partial charge on any atom is -0.392 e. The van der Waals surface area contributed by atoms with Crippen molar-refractivity contribution in [2.24, 2.45) is 0 Å². The molecule has 12 heavy (non-hydrogen) atoms. The molecule has 0 aromatic rings. The molecular weight excluding hydrogens is 178 g/mol. The lowest BCUT2D eigenvalue weighted by Crippen LogP contribution is -2.29. The van der Waals surface area contributed by atoms with Crippen LogP contribution in [0.4, 0.5) is 0 Å². The van der Waals surface area contributed by atoms with E-state index in [0.29, 0.717) is 13.1 Å². The SMILES string of the molecule is CCS(=O)(=O)CCNC[C@@H](C)O. The Morgan fingerprint density at radius 3 is 2.50 bits per heavy atom. The second-order valence-electron chi connectivity index (χ2n) is 2.79. The average Bonchev–Trinajstić information content (AvgIpc) is 1.98. The van der Waals surface area contributed by atoms with Crippen molar-refractivity contribution >= 4 is 9.84 Å². The number of nitrogens with one attached hydrogen (secondary N) is 1. The summed E-state index contributed by atoms with van der Waals surface area (Å²) in [6, 6.07) is 0. The van der Waals surface area contributed by atoms with Crippen LogP contribution in [0.15, 0.2) is 0 Å². The van der Waals surface area contributed by atoms with Gasteiger partial charge in [-0.15, -0.1) is 0 Å². The highest BCUT2D eigenvalue weighted by Crippen LogP contribution is 1.86. The average molecular weight is 195 g/mol. The monoisotopic (exact) mass is 195 g/mol. The number of hydrogen-bond acceptors (Lipinski definition) is 4. The van der Waals surface area contributed by atoms with Gasteiger partial charge in [-0.1, -0.05) is 6.92 Å². The molecule has 0 aliphatic heterocycles. The molecule has 0 aromatic carbocycles. The Morgan fingerprint density at radius 1 is 1.50 bits per heavy atom. The molecule has 0 bridgehead atoms. The van der Waals surface area contributed by atoms with Gasteiger partial charge in [-0.25, -0.2) is 8.42 Å². The molecule has 0 fully saturated rings. The maximum Gasteiger partial charge on any atom is 0.151 e. The Hall–Kier alpha value is -0.130. The van der Waals surface area contributed by atoms with Crippen LogP contribution >= 0.6 is 0 Å². The summed E-state index contributed by atoms with van der Waals surface area (Å²) in [4.78, 5) is 0. The molecule has 2 N–H and O–H groups in total. The first kappa shape index (κ1) is 11.9. The third-order valence-electron chi connectivity index (χ3n) is 1.47. The summed E-state index contributed by atoms with van der Waals surface area (Å²) in [5, 5.41) is 11.7. The van der Waals surface area contributed by atoms with Crippen LogP contribution in [0.3, 0.4) is 0 Å². The van der Waals surface area contributed by atoms with Crippen molar-refractivity contribution in [3.63, 3.8) is 0 Å². The lowest BCUT2D eigenvalue weighted by molar-refractivity contribution is 0.192. The highest BCUT2D eigenvalue weighted by molar-refractivity contribution is 7.91. The summed E-state index contributed by atoms with van der Waals surface area (Å²) in [5.41, 5.74) is 0. The van der Waals surface area contributed by atoms with Crippen LogP contribution in [0, 0.1) is 0 Å². The summed E-state index contributed by atoms with van der Waals surface area (Å²) in [5.74, 6) is 0.333. The summed E-state index contributed by atoms with van der Waals surface area (Å²) in [6.45, 7) is 4.14. The summed E-state index contributed by atoms with van der Waals surface area (Å²) in [7, 11) is -2.86. The fraction of sp³-hybridized carbons (Fsp3) is 1.00. The Morgan fingerprint density at radius 2 is 2.08 bits per heavy atom. The number of sulfone groups is 1. The van der Waals surface area contributed by atoms with Crippen molar-refractivity contribution in [2.75, 3.05) is 24.6 Å². The van der Waals surface area contributed by atoms with Crippen LogP contribution in [0.25, 0.3) is 0 Å². The molecule has 0 heterocycles. The van der Waals surface area contributed by atoms with Crippen molar-refractivity contribution in [3.05, 3.63) is 0 Å². The van der Waals surface area contributed by atoms with Crippen LogP contribution in [0.1, 0.15) is 13.8 Å². The van der Waals surface area contributed by atoms with Crippen LogP contribution in [0.5, 0.6) is 0 Å². The second-order valence-corrected chi connectivity index (χ2v) is 5.26. The van der Waals surface area contributed by atoms with E-state index >= 15 is 0 Å². The normalized spacial score (nSPS) is 14.6. The van der Waals surface area contributed by atoms with Gasteiger partial charge in [0.1, 0.15) is 0 Å². The molecule has 0 unspecified atom stereocenters. The fourth-order valence-corrected chi connectivity index (χ4v) is 1.43. The summed E-state index contributed by atoms with van der Waals surface area (Å²) < 4.78 is 21.9. The maximum absolute atomic E-state index is 10.9. The first-order valence-electron chi connectivity index (χ1n) is 4.07. The maximum atomic E-state index is 10.9. The number of aliphatic hydroxyl groups excluding tert-OH is 1. The summed E-state index contributed by atoms with van der Waals surface area (Å²) in [6.07, 6.45) is -0.422. The van der Waals surface area contributed by atoms with Gasteiger partial charge in [0.05, 0.1) is 11.9 Å². The largest absolute Gasteiger partial charge is 0.392 e. The van der Waals surface area contributed by atoms with E-state index in [1.807, 2.05) is 0 Å². The van der Waals surface area contributed by atoms with E-state index in [-0.39, 0.29) is 11.5 Å². The smallest absolute Gasteiger partial charge is 0.151 e. The van der Waals surface area contributed by atoms with Gasteiger partial charge < -0.3 is 10.4 Å². The van der Waals surface area contributed by atoms with Crippen molar-refractivity contribution in [3.8, 4) is 0 Å². The minimum absolute atomic E-state index is 0.149. The zero-order valence-electron chi connectivity index (χ0n) is 7.58. The van der Waals surface area contributed by atoms with Crippen molar-refractivity contribution in [1.82, 2.24) is 5.32 Å². The Balaban J connectivity index is 3.45. The van der Waals surface area contributed by atoms with E-state index in [4.69, 9.17) is 5.11 Å². The van der Waals surface area contributed by atoms with E-state index < -0.39 is 15.9 Å². The van der Waals surface area contributed by atoms with Gasteiger partial charge in [-0.2, -0.15) is 0 Å². The van der Waals surface area contributed by atoms with Crippen molar-refractivity contribution in [2.45, 2.75) is 20.0 Å². The van der Waals surface area contributed by atoms with Gasteiger partial charge in [-0.3, -0.25) is 0 Å². The van der Waals surface area contributed by atoms with E-state index in [1.165, 1.54) is 0 Å². The number of hydrogen-bond donors (Lipinski definition) is 2. The standard InChI is InChI=1S/C7H17NO3S/c1-3-12(10,11)5-4-8-6-7(2)9/h7-9H,3-6H2,1-2H3/t7-/m1/s1. The lowest BCUT2D eigenvalue weighted by Gasteiger charge is -2.06. The number of rotatable bonds is 6. The molecule has 0 aliphatic rings. The quantitative estimate of drug-likeness (QED) is 0.555. The first-order valence-corrected chi connectivity index (χ1v) is 5.89. The van der Waals surface area contributed by atoms with Gasteiger partial charge >= 0.3 is 0 Å². The number of aliphatic hydroxyl groups is 1. The van der Waals surface area contributed by atoms with Crippen LogP contribution in [-0.2, 0) is 9.84 Å². The molecule has 0 radical (unpaired) electrons. The second kappa shape index (κ2) is 5.50. The topological polar surface area (TPSA) is 66.4 Å². The van der Waals surface area contributed by atoms with Crippen molar-refractivity contribution < 1.29 is 13.5 Å². The van der Waals surface area contributed by atoms with E-state index in [2.05, 4.69) is 5.32 Å². The third kappa shape index (κ3) is 6.57. The highest BCUT2D eigenvalue weighted by atomic mass is 32.2. The molecule has 0 aromatic heterocycles. The van der Waals surface area contributed by atoms with E-state index in [9.17, 15) is 8.42 Å². The first-order chi connectivity index (χ1) is 5.48. The molecule has 0 rings (SSSR count). The molecule has 0 amide bonds. The van der Waals surface area contributed by atoms with E-state index in [1.54, 1.807) is 13.8 Å². The molecule has 0 saturated carbocycles. The molecule has 4 nitrogen and oxygen atoms in total. The van der Waals surface area contributed by atoms with Gasteiger partial charge in [0, 0.05) is 18.8 Å². The lowest BCUT2D eigenvalue weighted by atomic mass is 10.4. The Bertz CT molecular complexity index is 199. The molecule has 0 spiro atoms. The molecule has 5 heteroatoms.